The number of hydrazine groups is 2. The molecule has 0 aliphatic rings. The molecule has 0 unspecified atom stereocenters. The van der Waals surface area contributed by atoms with Crippen LogP contribution in [-0.2, 0) is 0 Å². The summed E-state index contributed by atoms with van der Waals surface area (Å²) in [6.07, 6.45) is 3.02. The molecule has 0 fully saturated rings. The Hall–Kier alpha value is -3.04. The first-order chi connectivity index (χ1) is 10.2. The largest absolute Gasteiger partial charge is 0.308 e. The molecule has 8 heteroatoms. The number of rotatable bonds is 1. The predicted molar refractivity (Wildman–Crippen MR) is 78.8 cm³/mol. The molecule has 2 aromatic heterocycles. The van der Waals surface area contributed by atoms with Crippen LogP contribution in [0.4, 0.5) is 5.82 Å². The summed E-state index contributed by atoms with van der Waals surface area (Å²) < 4.78 is 0. The van der Waals surface area contributed by atoms with Gasteiger partial charge in [-0.05, 0) is 31.2 Å². The highest BCUT2D eigenvalue weighted by molar-refractivity contribution is 5.37. The molecular formula is C13H16N8. The maximum atomic E-state index is 8.36. The van der Waals surface area contributed by atoms with Gasteiger partial charge in [-0.3, -0.25) is 16.7 Å². The molecule has 0 aliphatic heterocycles. The van der Waals surface area contributed by atoms with Crippen molar-refractivity contribution in [3.05, 3.63) is 53.5 Å². The fourth-order valence-corrected chi connectivity index (χ4v) is 1.08. The molecule has 0 bridgehead atoms. The monoisotopic (exact) mass is 284 g/mol. The van der Waals surface area contributed by atoms with E-state index in [2.05, 4.69) is 27.1 Å². The number of hydrogen-bond donors (Lipinski definition) is 4. The zero-order valence-corrected chi connectivity index (χ0v) is 11.5. The third-order valence-electron chi connectivity index (χ3n) is 2.08. The Bertz CT molecular complexity index is 592. The average Bonchev–Trinajstić information content (AvgIpc) is 2.58. The number of hydrogen-bond acceptors (Lipinski definition) is 8. The van der Waals surface area contributed by atoms with Gasteiger partial charge in [-0.2, -0.15) is 10.5 Å². The topological polar surface area (TPSA) is 163 Å². The summed E-state index contributed by atoms with van der Waals surface area (Å²) >= 11 is 0. The summed E-state index contributed by atoms with van der Waals surface area (Å²) in [4.78, 5) is 7.74. The van der Waals surface area contributed by atoms with Crippen molar-refractivity contribution in [2.75, 3.05) is 5.43 Å². The first kappa shape index (κ1) is 18.0. The number of nitrogens with two attached hydrogens (primary N) is 3. The highest BCUT2D eigenvalue weighted by Gasteiger charge is 1.89. The molecular weight excluding hydrogens is 268 g/mol. The van der Waals surface area contributed by atoms with Gasteiger partial charge in [-0.15, -0.1) is 0 Å². The minimum absolute atomic E-state index is 0.527. The Balaban J connectivity index is 0.000000342. The van der Waals surface area contributed by atoms with Crippen molar-refractivity contribution in [3.63, 3.8) is 0 Å². The first-order valence-electron chi connectivity index (χ1n) is 5.68. The predicted octanol–water partition coefficient (Wildman–Crippen LogP) is 0.319. The zero-order valence-electron chi connectivity index (χ0n) is 11.5. The van der Waals surface area contributed by atoms with Crippen LogP contribution in [0.25, 0.3) is 0 Å². The van der Waals surface area contributed by atoms with Crippen LogP contribution < -0.4 is 23.0 Å². The van der Waals surface area contributed by atoms with Crippen LogP contribution in [0.5, 0.6) is 0 Å². The minimum Gasteiger partial charge on any atom is -0.308 e. The maximum Gasteiger partial charge on any atom is 0.139 e. The van der Waals surface area contributed by atoms with E-state index in [0.29, 0.717) is 16.9 Å². The fourth-order valence-electron chi connectivity index (χ4n) is 1.08. The number of nitrogens with zero attached hydrogens (tertiary/aromatic N) is 4. The van der Waals surface area contributed by atoms with E-state index in [-0.39, 0.29) is 0 Å². The quantitative estimate of drug-likeness (QED) is 0.429. The lowest BCUT2D eigenvalue weighted by molar-refractivity contribution is 1.19. The number of nitrogens with one attached hydrogen (secondary N) is 1. The van der Waals surface area contributed by atoms with Crippen molar-refractivity contribution < 1.29 is 0 Å². The summed E-state index contributed by atoms with van der Waals surface area (Å²) in [5.74, 6) is 13.6. The smallest absolute Gasteiger partial charge is 0.139 e. The normalized spacial score (nSPS) is 7.90. The Labute approximate surface area is 122 Å². The second-order valence-corrected chi connectivity index (χ2v) is 3.49. The maximum absolute atomic E-state index is 8.36. The Kier molecular flexibility index (Phi) is 9.27. The lowest BCUT2D eigenvalue weighted by atomic mass is 10.3. The summed E-state index contributed by atoms with van der Waals surface area (Å²) in [5.41, 5.74) is 4.44. The van der Waals surface area contributed by atoms with Crippen LogP contribution in [0.15, 0.2) is 36.7 Å². The second kappa shape index (κ2) is 10.8. The van der Waals surface area contributed by atoms with E-state index in [9.17, 15) is 0 Å². The molecule has 0 saturated heterocycles. The van der Waals surface area contributed by atoms with Crippen LogP contribution in [0.2, 0.25) is 0 Å². The Morgan fingerprint density at radius 1 is 0.952 bits per heavy atom. The number of nitrogen functional groups attached to an aromatic ring is 1. The van der Waals surface area contributed by atoms with Gasteiger partial charge in [-0.25, -0.2) is 10.8 Å². The molecule has 2 heterocycles. The van der Waals surface area contributed by atoms with Crippen LogP contribution in [0, 0.1) is 29.6 Å². The van der Waals surface area contributed by atoms with E-state index in [0.717, 1.165) is 5.69 Å². The van der Waals surface area contributed by atoms with Gasteiger partial charge in [0.25, 0.3) is 0 Å². The van der Waals surface area contributed by atoms with Gasteiger partial charge in [0, 0.05) is 18.1 Å². The van der Waals surface area contributed by atoms with Gasteiger partial charge in [-0.1, -0.05) is 0 Å². The summed E-state index contributed by atoms with van der Waals surface area (Å²) in [5, 5.41) is 16.7. The average molecular weight is 284 g/mol. The van der Waals surface area contributed by atoms with Gasteiger partial charge in [0.1, 0.15) is 18.0 Å². The van der Waals surface area contributed by atoms with E-state index < -0.39 is 0 Å². The Morgan fingerprint density at radius 3 is 1.81 bits per heavy atom. The summed E-state index contributed by atoms with van der Waals surface area (Å²) in [7, 11) is 0. The third kappa shape index (κ3) is 7.20. The molecule has 0 aromatic carbocycles. The van der Waals surface area contributed by atoms with E-state index in [1.165, 1.54) is 6.20 Å². The molecule has 0 saturated carbocycles. The number of anilines is 1. The fraction of sp³-hybridized carbons (Fsp3) is 0.0769. The van der Waals surface area contributed by atoms with Gasteiger partial charge >= 0.3 is 0 Å². The number of nitriles is 2. The lowest BCUT2D eigenvalue weighted by Gasteiger charge is -1.95. The van der Waals surface area contributed by atoms with Crippen LogP contribution >= 0.6 is 0 Å². The van der Waals surface area contributed by atoms with Crippen molar-refractivity contribution in [2.24, 2.45) is 17.5 Å². The van der Waals surface area contributed by atoms with Crippen molar-refractivity contribution in [2.45, 2.75) is 6.92 Å². The SMILES string of the molecule is Cc1ccc(C#N)cn1.N#Cc1ccc(NN)nc1.NN. The van der Waals surface area contributed by atoms with Crippen LogP contribution in [0.1, 0.15) is 16.8 Å². The minimum atomic E-state index is 0.527. The molecule has 0 atom stereocenters. The highest BCUT2D eigenvalue weighted by atomic mass is 15.2. The molecule has 0 amide bonds. The van der Waals surface area contributed by atoms with Crippen LogP contribution in [0.3, 0.4) is 0 Å². The van der Waals surface area contributed by atoms with E-state index in [1.807, 2.05) is 25.1 Å². The second-order valence-electron chi connectivity index (χ2n) is 3.49. The van der Waals surface area contributed by atoms with Gasteiger partial charge in [0.15, 0.2) is 0 Å². The van der Waals surface area contributed by atoms with E-state index in [1.54, 1.807) is 24.4 Å². The van der Waals surface area contributed by atoms with Gasteiger partial charge in [0.05, 0.1) is 11.1 Å². The molecule has 0 spiro atoms. The molecule has 2 rings (SSSR count). The zero-order chi connectivity index (χ0) is 16.1. The number of pyridine rings is 2. The molecule has 108 valence electrons. The highest BCUT2D eigenvalue weighted by Crippen LogP contribution is 2.00. The van der Waals surface area contributed by atoms with Crippen molar-refractivity contribution in [1.29, 1.82) is 10.5 Å². The Morgan fingerprint density at radius 2 is 1.48 bits per heavy atom. The molecule has 8 nitrogen and oxygen atoms in total. The first-order valence-corrected chi connectivity index (χ1v) is 5.68. The standard InChI is InChI=1S/C7H6N2.C6H6N4.H4N2/c1-6-2-3-7(4-8)5-9-6;7-3-5-1-2-6(10-8)9-4-5;1-2/h2-3,5H,1H3;1-2,4H,8H2,(H,9,10);1-2H2. The van der Waals surface area contributed by atoms with Gasteiger partial charge < -0.3 is 5.43 Å². The molecule has 21 heavy (non-hydrogen) atoms. The van der Waals surface area contributed by atoms with E-state index >= 15 is 0 Å². The van der Waals surface area contributed by atoms with Crippen molar-refractivity contribution >= 4 is 5.82 Å². The third-order valence-corrected chi connectivity index (χ3v) is 2.08. The lowest BCUT2D eigenvalue weighted by Crippen LogP contribution is -2.07. The van der Waals surface area contributed by atoms with Crippen LogP contribution in [-0.4, -0.2) is 9.97 Å². The summed E-state index contributed by atoms with van der Waals surface area (Å²) in [6, 6.07) is 10.8. The molecule has 7 N–H and O–H groups in total. The van der Waals surface area contributed by atoms with Crippen molar-refractivity contribution in [3.8, 4) is 12.1 Å². The number of aromatic nitrogens is 2. The molecule has 2 aromatic rings. The molecule has 0 aliphatic carbocycles. The van der Waals surface area contributed by atoms with E-state index in [4.69, 9.17) is 16.4 Å². The summed E-state index contributed by atoms with van der Waals surface area (Å²) in [6.45, 7) is 1.89. The number of aryl methyl sites for hydroxylation is 1. The van der Waals surface area contributed by atoms with Crippen molar-refractivity contribution in [1.82, 2.24) is 9.97 Å². The van der Waals surface area contributed by atoms with Gasteiger partial charge in [0.2, 0.25) is 0 Å². The molecule has 0 radical (unpaired) electrons.